The fourth-order valence-electron chi connectivity index (χ4n) is 2.63. The van der Waals surface area contributed by atoms with Gasteiger partial charge in [-0.1, -0.05) is 0 Å². The topological polar surface area (TPSA) is 110 Å². The molecule has 0 radical (unpaired) electrons. The monoisotopic (exact) mass is 400 g/mol. The summed E-state index contributed by atoms with van der Waals surface area (Å²) in [6.07, 6.45) is -4.91. The molecule has 1 heterocycles. The number of aliphatic hydroxyl groups is 1. The molecular formula is C18H21FO7S. The molecule has 3 atom stereocenters. The van der Waals surface area contributed by atoms with Gasteiger partial charge in [0.1, 0.15) is 23.2 Å². The molecule has 0 saturated carbocycles. The molecule has 0 amide bonds. The first-order valence-corrected chi connectivity index (χ1v) is 9.47. The molecule has 0 bridgehead atoms. The van der Waals surface area contributed by atoms with E-state index in [4.69, 9.17) is 9.47 Å². The quantitative estimate of drug-likeness (QED) is 0.543. The van der Waals surface area contributed by atoms with Crippen LogP contribution in [0.25, 0.3) is 0 Å². The highest BCUT2D eigenvalue weighted by molar-refractivity contribution is 7.99. The van der Waals surface area contributed by atoms with Gasteiger partial charge in [-0.25, -0.2) is 9.18 Å². The summed E-state index contributed by atoms with van der Waals surface area (Å²) in [6, 6.07) is 2.79. The van der Waals surface area contributed by atoms with Crippen LogP contribution in [0, 0.1) is 0 Å². The first kappa shape index (κ1) is 21.2. The number of Topliss-reactive ketones (excluding diaryl/α,β-unsaturated/α-hetero) is 2. The normalized spacial score (nSPS) is 25.3. The van der Waals surface area contributed by atoms with Crippen LogP contribution in [0.3, 0.4) is 0 Å². The van der Waals surface area contributed by atoms with Crippen LogP contribution >= 0.6 is 11.8 Å². The van der Waals surface area contributed by atoms with Crippen molar-refractivity contribution in [3.8, 4) is 11.5 Å². The molecule has 0 aromatic heterocycles. The Morgan fingerprint density at radius 3 is 2.59 bits per heavy atom. The summed E-state index contributed by atoms with van der Waals surface area (Å²) in [7, 11) is 1.40. The number of carbonyl (C=O) groups excluding carboxylic acids is 3. The minimum Gasteiger partial charge on any atom is -0.507 e. The van der Waals surface area contributed by atoms with Crippen LogP contribution in [-0.4, -0.2) is 59.0 Å². The van der Waals surface area contributed by atoms with Gasteiger partial charge in [0.2, 0.25) is 11.6 Å². The van der Waals surface area contributed by atoms with E-state index < -0.39 is 35.9 Å². The van der Waals surface area contributed by atoms with Crippen molar-refractivity contribution in [3.05, 3.63) is 23.3 Å². The SMILES string of the molecule is COc1cc(O)c2c(c1)CSCC(=O)C(=O)C(O)C(F)CC[C@H](C)OC2=O. The van der Waals surface area contributed by atoms with Crippen LogP contribution in [-0.2, 0) is 20.1 Å². The molecule has 2 rings (SSSR count). The molecule has 9 heteroatoms. The number of carbonyl (C=O) groups is 3. The van der Waals surface area contributed by atoms with Crippen LogP contribution in [0.4, 0.5) is 4.39 Å². The number of hydrogen-bond acceptors (Lipinski definition) is 8. The number of aliphatic hydroxyl groups excluding tert-OH is 1. The van der Waals surface area contributed by atoms with Gasteiger partial charge in [-0.15, -0.1) is 11.8 Å². The van der Waals surface area contributed by atoms with Gasteiger partial charge in [0.05, 0.1) is 19.0 Å². The third-order valence-corrected chi connectivity index (χ3v) is 5.13. The van der Waals surface area contributed by atoms with Crippen molar-refractivity contribution in [1.82, 2.24) is 0 Å². The molecule has 7 nitrogen and oxygen atoms in total. The Balaban J connectivity index is 2.36. The highest BCUT2D eigenvalue weighted by atomic mass is 32.2. The summed E-state index contributed by atoms with van der Waals surface area (Å²) in [5.41, 5.74) is 0.304. The third kappa shape index (κ3) is 5.20. The zero-order chi connectivity index (χ0) is 20.1. The first-order chi connectivity index (χ1) is 12.7. The number of aromatic hydroxyl groups is 1. The predicted molar refractivity (Wildman–Crippen MR) is 95.8 cm³/mol. The lowest BCUT2D eigenvalue weighted by Crippen LogP contribution is -2.37. The molecule has 27 heavy (non-hydrogen) atoms. The average molecular weight is 400 g/mol. The molecule has 1 aromatic rings. The van der Waals surface area contributed by atoms with Crippen molar-refractivity contribution >= 4 is 29.3 Å². The summed E-state index contributed by atoms with van der Waals surface area (Å²) in [5.74, 6) is -3.10. The molecule has 1 aromatic carbocycles. The number of cyclic esters (lactones) is 1. The fourth-order valence-corrected chi connectivity index (χ4v) is 3.51. The van der Waals surface area contributed by atoms with Crippen LogP contribution in [0.15, 0.2) is 12.1 Å². The highest BCUT2D eigenvalue weighted by Crippen LogP contribution is 2.32. The lowest BCUT2D eigenvalue weighted by Gasteiger charge is -2.19. The predicted octanol–water partition coefficient (Wildman–Crippen LogP) is 1.81. The van der Waals surface area contributed by atoms with E-state index >= 15 is 0 Å². The van der Waals surface area contributed by atoms with Crippen molar-refractivity contribution in [2.24, 2.45) is 0 Å². The highest BCUT2D eigenvalue weighted by Gasteiger charge is 2.32. The van der Waals surface area contributed by atoms with Crippen LogP contribution < -0.4 is 4.74 Å². The van der Waals surface area contributed by atoms with Crippen molar-refractivity contribution < 1.29 is 38.5 Å². The van der Waals surface area contributed by atoms with Crippen molar-refractivity contribution in [3.63, 3.8) is 0 Å². The summed E-state index contributed by atoms with van der Waals surface area (Å²) in [6.45, 7) is 1.53. The Bertz CT molecular complexity index is 737. The molecule has 148 valence electrons. The van der Waals surface area contributed by atoms with E-state index in [2.05, 4.69) is 0 Å². The van der Waals surface area contributed by atoms with Crippen molar-refractivity contribution in [1.29, 1.82) is 0 Å². The van der Waals surface area contributed by atoms with Gasteiger partial charge < -0.3 is 19.7 Å². The number of ether oxygens (including phenoxy) is 2. The number of phenols is 1. The summed E-state index contributed by atoms with van der Waals surface area (Å²) < 4.78 is 24.3. The number of alkyl halides is 1. The summed E-state index contributed by atoms with van der Waals surface area (Å²) in [4.78, 5) is 36.2. The van der Waals surface area contributed by atoms with E-state index in [1.54, 1.807) is 0 Å². The maximum atomic E-state index is 14.0. The standard InChI is InChI=1S/C18H21FO7S/c1-9-3-4-12(19)16(22)17(23)14(21)8-27-7-10-5-11(25-2)6-13(20)15(10)18(24)26-9/h5-6,9,12,16,20,22H,3-4,7-8H2,1-2H3/t9-,12?,16?/m0/s1. The van der Waals surface area contributed by atoms with Gasteiger partial charge in [0, 0.05) is 11.8 Å². The lowest BCUT2D eigenvalue weighted by atomic mass is 10.0. The van der Waals surface area contributed by atoms with E-state index in [1.165, 1.54) is 26.2 Å². The van der Waals surface area contributed by atoms with Gasteiger partial charge in [0.15, 0.2) is 6.10 Å². The van der Waals surface area contributed by atoms with Gasteiger partial charge in [-0.3, -0.25) is 9.59 Å². The van der Waals surface area contributed by atoms with Crippen LogP contribution in [0.2, 0.25) is 0 Å². The van der Waals surface area contributed by atoms with Crippen molar-refractivity contribution in [2.75, 3.05) is 12.9 Å². The Labute approximate surface area is 159 Å². The fraction of sp³-hybridized carbons (Fsp3) is 0.500. The number of ketones is 2. The molecule has 0 spiro atoms. The number of benzene rings is 1. The molecule has 0 aliphatic carbocycles. The van der Waals surface area contributed by atoms with Gasteiger partial charge >= 0.3 is 5.97 Å². The van der Waals surface area contributed by atoms with E-state index in [0.717, 1.165) is 11.8 Å². The maximum absolute atomic E-state index is 14.0. The second-order valence-corrected chi connectivity index (χ2v) is 7.20. The average Bonchev–Trinajstić information content (AvgIpc) is 2.63. The number of halogens is 1. The van der Waals surface area contributed by atoms with E-state index in [1.807, 2.05) is 0 Å². The Morgan fingerprint density at radius 1 is 1.22 bits per heavy atom. The van der Waals surface area contributed by atoms with Crippen LogP contribution in [0.1, 0.15) is 35.7 Å². The third-order valence-electron chi connectivity index (χ3n) is 4.15. The van der Waals surface area contributed by atoms with Crippen LogP contribution in [0.5, 0.6) is 11.5 Å². The minimum absolute atomic E-state index is 0.0342. The summed E-state index contributed by atoms with van der Waals surface area (Å²) in [5, 5.41) is 19.9. The zero-order valence-electron chi connectivity index (χ0n) is 14.9. The maximum Gasteiger partial charge on any atom is 0.342 e. The largest absolute Gasteiger partial charge is 0.507 e. The second-order valence-electron chi connectivity index (χ2n) is 6.21. The van der Waals surface area contributed by atoms with Gasteiger partial charge in [-0.05, 0) is 31.4 Å². The molecule has 2 unspecified atom stereocenters. The number of esters is 1. The van der Waals surface area contributed by atoms with Gasteiger partial charge in [0.25, 0.3) is 0 Å². The number of methoxy groups -OCH3 is 1. The Hall–Kier alpha value is -2.13. The molecular weight excluding hydrogens is 379 g/mol. The smallest absolute Gasteiger partial charge is 0.342 e. The van der Waals surface area contributed by atoms with E-state index in [0.29, 0.717) is 11.3 Å². The number of thioether (sulfide) groups is 1. The second kappa shape index (κ2) is 9.18. The Morgan fingerprint density at radius 2 is 1.93 bits per heavy atom. The zero-order valence-corrected chi connectivity index (χ0v) is 15.8. The molecule has 2 N–H and O–H groups in total. The summed E-state index contributed by atoms with van der Waals surface area (Å²) >= 11 is 0.990. The van der Waals surface area contributed by atoms with E-state index in [-0.39, 0.29) is 35.7 Å². The number of fused-ring (bicyclic) bond motifs is 1. The minimum atomic E-state index is -2.03. The molecule has 1 aliphatic heterocycles. The molecule has 0 saturated heterocycles. The van der Waals surface area contributed by atoms with E-state index in [9.17, 15) is 29.0 Å². The number of hydrogen-bond donors (Lipinski definition) is 2. The molecule has 1 aliphatic rings. The van der Waals surface area contributed by atoms with Gasteiger partial charge in [-0.2, -0.15) is 0 Å². The number of rotatable bonds is 1. The number of phenolic OH excluding ortho intramolecular Hbond substituents is 1. The van der Waals surface area contributed by atoms with Crippen molar-refractivity contribution in [2.45, 2.75) is 43.9 Å². The first-order valence-electron chi connectivity index (χ1n) is 8.32. The Kier molecular flexibility index (Phi) is 7.20. The molecule has 0 fully saturated rings. The lowest BCUT2D eigenvalue weighted by molar-refractivity contribution is -0.142.